The van der Waals surface area contributed by atoms with Crippen LogP contribution in [-0.4, -0.2) is 22.0 Å². The van der Waals surface area contributed by atoms with E-state index in [1.54, 1.807) is 6.26 Å². The van der Waals surface area contributed by atoms with Crippen molar-refractivity contribution in [2.45, 2.75) is 11.9 Å². The van der Waals surface area contributed by atoms with Crippen molar-refractivity contribution < 1.29 is 4.79 Å². The van der Waals surface area contributed by atoms with Gasteiger partial charge in [0, 0.05) is 0 Å². The Morgan fingerprint density at radius 1 is 1.31 bits per heavy atom. The van der Waals surface area contributed by atoms with Crippen LogP contribution in [0.1, 0.15) is 17.3 Å². The van der Waals surface area contributed by atoms with Crippen LogP contribution in [0, 0.1) is 0 Å². The van der Waals surface area contributed by atoms with Crippen molar-refractivity contribution in [1.29, 1.82) is 0 Å². The average Bonchev–Trinajstić information content (AvgIpc) is 2.01. The molecule has 6 heteroatoms. The lowest BCUT2D eigenvalue weighted by Crippen LogP contribution is -2.28. The number of carbonyl (C=O) groups excluding carboxylic acids is 1. The van der Waals surface area contributed by atoms with E-state index in [1.807, 2.05) is 4.98 Å². The van der Waals surface area contributed by atoms with Crippen molar-refractivity contribution in [3.05, 3.63) is 26.4 Å². The molecule has 0 aliphatic rings. The first kappa shape index (κ1) is 9.79. The molecule has 0 bridgehead atoms. The summed E-state index contributed by atoms with van der Waals surface area (Å²) in [6.45, 7) is 1.28. The SMILES string of the molecule is CSc1[nH]c(=O)[nH]c(=O)c1C(C)=O. The number of hydrogen-bond acceptors (Lipinski definition) is 4. The lowest BCUT2D eigenvalue weighted by atomic mass is 10.2. The topological polar surface area (TPSA) is 82.8 Å². The number of rotatable bonds is 2. The summed E-state index contributed by atoms with van der Waals surface area (Å²) in [4.78, 5) is 37.3. The molecule has 0 unspecified atom stereocenters. The molecule has 0 aromatic carbocycles. The maximum absolute atomic E-state index is 11.2. The fraction of sp³-hybridized carbons (Fsp3) is 0.286. The summed E-state index contributed by atoms with van der Waals surface area (Å²) in [6.07, 6.45) is 1.68. The predicted molar refractivity (Wildman–Crippen MR) is 49.5 cm³/mol. The minimum atomic E-state index is -0.638. The van der Waals surface area contributed by atoms with Crippen LogP contribution in [0.25, 0.3) is 0 Å². The number of aromatic nitrogens is 2. The van der Waals surface area contributed by atoms with E-state index in [0.29, 0.717) is 5.03 Å². The summed E-state index contributed by atoms with van der Waals surface area (Å²) < 4.78 is 0. The van der Waals surface area contributed by atoms with Gasteiger partial charge in [0.15, 0.2) is 5.78 Å². The fourth-order valence-electron chi connectivity index (χ4n) is 0.938. The molecule has 13 heavy (non-hydrogen) atoms. The monoisotopic (exact) mass is 200 g/mol. The summed E-state index contributed by atoms with van der Waals surface area (Å²) in [5.41, 5.74) is -1.23. The molecule has 1 rings (SSSR count). The zero-order valence-corrected chi connectivity index (χ0v) is 7.95. The third kappa shape index (κ3) is 1.89. The van der Waals surface area contributed by atoms with Gasteiger partial charge in [0.25, 0.3) is 5.56 Å². The molecule has 5 nitrogen and oxygen atoms in total. The third-order valence-electron chi connectivity index (χ3n) is 1.46. The molecule has 0 saturated heterocycles. The van der Waals surface area contributed by atoms with Crippen molar-refractivity contribution in [1.82, 2.24) is 9.97 Å². The fourth-order valence-corrected chi connectivity index (χ4v) is 1.57. The van der Waals surface area contributed by atoms with Crippen molar-refractivity contribution in [2.24, 2.45) is 0 Å². The summed E-state index contributed by atoms with van der Waals surface area (Å²) in [7, 11) is 0. The van der Waals surface area contributed by atoms with E-state index in [0.717, 1.165) is 11.8 Å². The van der Waals surface area contributed by atoms with E-state index in [1.165, 1.54) is 6.92 Å². The standard InChI is InChI=1S/C7H8N2O3S/c1-3(10)4-5(11)8-7(12)9-6(4)13-2/h1-2H3,(H2,8,9,11,12). The number of aromatic amines is 2. The molecule has 1 heterocycles. The largest absolute Gasteiger partial charge is 0.326 e. The molecular weight excluding hydrogens is 192 g/mol. The molecule has 1 aromatic heterocycles. The van der Waals surface area contributed by atoms with Crippen molar-refractivity contribution >= 4 is 17.5 Å². The van der Waals surface area contributed by atoms with Crippen molar-refractivity contribution in [3.63, 3.8) is 0 Å². The highest BCUT2D eigenvalue weighted by molar-refractivity contribution is 7.98. The second kappa shape index (κ2) is 3.61. The number of ketones is 1. The minimum Gasteiger partial charge on any atom is -0.301 e. The highest BCUT2D eigenvalue weighted by Crippen LogP contribution is 2.11. The first-order chi connectivity index (χ1) is 6.06. The Bertz CT molecular complexity index is 446. The molecule has 0 amide bonds. The van der Waals surface area contributed by atoms with Gasteiger partial charge in [-0.15, -0.1) is 11.8 Å². The number of Topliss-reactive ketones (excluding diaryl/α,β-unsaturated/α-hetero) is 1. The van der Waals surface area contributed by atoms with Gasteiger partial charge < -0.3 is 4.98 Å². The van der Waals surface area contributed by atoms with E-state index in [2.05, 4.69) is 4.98 Å². The Labute approximate surface area is 77.6 Å². The van der Waals surface area contributed by atoms with Gasteiger partial charge in [-0.1, -0.05) is 0 Å². The van der Waals surface area contributed by atoms with E-state index >= 15 is 0 Å². The Hall–Kier alpha value is -1.30. The van der Waals surface area contributed by atoms with Crippen LogP contribution in [0.3, 0.4) is 0 Å². The minimum absolute atomic E-state index is 0.00657. The van der Waals surface area contributed by atoms with Crippen LogP contribution in [-0.2, 0) is 0 Å². The van der Waals surface area contributed by atoms with E-state index in [4.69, 9.17) is 0 Å². The molecule has 2 N–H and O–H groups in total. The van der Waals surface area contributed by atoms with Crippen LogP contribution >= 0.6 is 11.8 Å². The van der Waals surface area contributed by atoms with Gasteiger partial charge in [0.2, 0.25) is 0 Å². The number of thioether (sulfide) groups is 1. The summed E-state index contributed by atoms with van der Waals surface area (Å²) >= 11 is 1.16. The van der Waals surface area contributed by atoms with Gasteiger partial charge in [-0.3, -0.25) is 14.6 Å². The molecule has 1 aromatic rings. The molecule has 0 spiro atoms. The molecule has 0 saturated carbocycles. The summed E-state index contributed by atoms with van der Waals surface area (Å²) in [6, 6.07) is 0. The smallest absolute Gasteiger partial charge is 0.301 e. The van der Waals surface area contributed by atoms with E-state index in [-0.39, 0.29) is 11.3 Å². The van der Waals surface area contributed by atoms with Crippen molar-refractivity contribution in [2.75, 3.05) is 6.26 Å². The molecule has 0 fully saturated rings. The summed E-state index contributed by atoms with van der Waals surface area (Å²) in [5, 5.41) is 0.307. The van der Waals surface area contributed by atoms with Crippen LogP contribution in [0.4, 0.5) is 0 Å². The first-order valence-electron chi connectivity index (χ1n) is 3.47. The van der Waals surface area contributed by atoms with E-state index < -0.39 is 11.2 Å². The highest BCUT2D eigenvalue weighted by Gasteiger charge is 2.12. The summed E-state index contributed by atoms with van der Waals surface area (Å²) in [5.74, 6) is -0.359. The average molecular weight is 200 g/mol. The second-order valence-electron chi connectivity index (χ2n) is 2.37. The normalized spacial score (nSPS) is 10.0. The Balaban J connectivity index is 3.57. The second-order valence-corrected chi connectivity index (χ2v) is 3.19. The Morgan fingerprint density at radius 2 is 1.92 bits per heavy atom. The number of nitrogens with one attached hydrogen (secondary N) is 2. The van der Waals surface area contributed by atoms with Gasteiger partial charge >= 0.3 is 5.69 Å². The maximum Gasteiger partial charge on any atom is 0.326 e. The van der Waals surface area contributed by atoms with Gasteiger partial charge in [0.1, 0.15) is 5.56 Å². The highest BCUT2D eigenvalue weighted by atomic mass is 32.2. The van der Waals surface area contributed by atoms with Gasteiger partial charge in [-0.2, -0.15) is 0 Å². The molecule has 70 valence electrons. The zero-order chi connectivity index (χ0) is 10.0. The van der Waals surface area contributed by atoms with Crippen LogP contribution in [0.5, 0.6) is 0 Å². The van der Waals surface area contributed by atoms with Crippen LogP contribution < -0.4 is 11.2 Å². The lowest BCUT2D eigenvalue weighted by Gasteiger charge is -2.00. The predicted octanol–water partition coefficient (Wildman–Crippen LogP) is -0.0123. The van der Waals surface area contributed by atoms with Gasteiger partial charge in [0.05, 0.1) is 5.03 Å². The van der Waals surface area contributed by atoms with E-state index in [9.17, 15) is 14.4 Å². The molecule has 0 aliphatic carbocycles. The number of hydrogen-bond donors (Lipinski definition) is 2. The quantitative estimate of drug-likeness (QED) is 0.399. The van der Waals surface area contributed by atoms with Crippen LogP contribution in [0.15, 0.2) is 14.6 Å². The number of H-pyrrole nitrogens is 2. The zero-order valence-electron chi connectivity index (χ0n) is 7.13. The maximum atomic E-state index is 11.2. The first-order valence-corrected chi connectivity index (χ1v) is 4.70. The lowest BCUT2D eigenvalue weighted by molar-refractivity contribution is 0.101. The van der Waals surface area contributed by atoms with Gasteiger partial charge in [-0.25, -0.2) is 4.79 Å². The molecule has 0 radical (unpaired) electrons. The Morgan fingerprint density at radius 3 is 2.38 bits per heavy atom. The molecular formula is C7H8N2O3S. The molecule has 0 aliphatic heterocycles. The molecule has 0 atom stereocenters. The van der Waals surface area contributed by atoms with Gasteiger partial charge in [-0.05, 0) is 13.2 Å². The third-order valence-corrected chi connectivity index (χ3v) is 2.18. The Kier molecular flexibility index (Phi) is 2.72. The van der Waals surface area contributed by atoms with Crippen molar-refractivity contribution in [3.8, 4) is 0 Å². The number of carbonyl (C=O) groups is 1. The van der Waals surface area contributed by atoms with Crippen LogP contribution in [0.2, 0.25) is 0 Å².